The van der Waals surface area contributed by atoms with Crippen molar-refractivity contribution >= 4 is 21.7 Å². The average Bonchev–Trinajstić information content (AvgIpc) is 3.11. The molecule has 180 valence electrons. The number of nitriles is 1. The fourth-order valence-corrected chi connectivity index (χ4v) is 5.96. The molecular weight excluding hydrogens is 464 g/mol. The lowest BCUT2D eigenvalue weighted by Gasteiger charge is -2.33. The molecule has 1 aromatic heterocycles. The van der Waals surface area contributed by atoms with Crippen LogP contribution in [0.3, 0.4) is 0 Å². The zero-order valence-electron chi connectivity index (χ0n) is 18.5. The minimum atomic E-state index is -3.96. The van der Waals surface area contributed by atoms with Gasteiger partial charge in [0.15, 0.2) is 11.6 Å². The van der Waals surface area contributed by atoms with Crippen LogP contribution >= 0.6 is 0 Å². The van der Waals surface area contributed by atoms with Gasteiger partial charge in [-0.2, -0.15) is 9.57 Å². The zero-order chi connectivity index (χ0) is 24.3. The average molecular weight is 490 g/mol. The highest BCUT2D eigenvalue weighted by Crippen LogP contribution is 2.27. The highest BCUT2D eigenvalue weighted by Gasteiger charge is 2.34. The second kappa shape index (κ2) is 10.0. The van der Waals surface area contributed by atoms with Gasteiger partial charge in [-0.25, -0.2) is 22.2 Å². The first-order valence-electron chi connectivity index (χ1n) is 11.2. The Balaban J connectivity index is 1.36. The van der Waals surface area contributed by atoms with E-state index in [0.29, 0.717) is 56.5 Å². The van der Waals surface area contributed by atoms with E-state index < -0.39 is 21.7 Å². The lowest BCUT2D eigenvalue weighted by Crippen LogP contribution is -2.45. The summed E-state index contributed by atoms with van der Waals surface area (Å²) in [7, 11) is -3.96. The number of hydrogen-bond donors (Lipinski definition) is 0. The molecule has 11 heteroatoms. The Morgan fingerprint density at radius 2 is 1.79 bits per heavy atom. The summed E-state index contributed by atoms with van der Waals surface area (Å²) in [5.74, 6) is -2.00. The summed E-state index contributed by atoms with van der Waals surface area (Å²) in [6, 6.07) is 8.12. The van der Waals surface area contributed by atoms with Crippen molar-refractivity contribution in [3.63, 3.8) is 0 Å². The predicted molar refractivity (Wildman–Crippen MR) is 120 cm³/mol. The lowest BCUT2D eigenvalue weighted by molar-refractivity contribution is -0.136. The summed E-state index contributed by atoms with van der Waals surface area (Å²) in [5.41, 5.74) is 0.497. The molecular formula is C23H25F2N5O3S. The quantitative estimate of drug-likeness (QED) is 0.654. The second-order valence-corrected chi connectivity index (χ2v) is 10.3. The summed E-state index contributed by atoms with van der Waals surface area (Å²) >= 11 is 0. The summed E-state index contributed by atoms with van der Waals surface area (Å²) in [6.45, 7) is 2.58. The van der Waals surface area contributed by atoms with Gasteiger partial charge >= 0.3 is 0 Å². The number of benzene rings is 1. The highest BCUT2D eigenvalue weighted by molar-refractivity contribution is 7.89. The van der Waals surface area contributed by atoms with E-state index in [1.165, 1.54) is 4.31 Å². The third-order valence-corrected chi connectivity index (χ3v) is 8.24. The maximum absolute atomic E-state index is 13.5. The van der Waals surface area contributed by atoms with E-state index in [1.54, 1.807) is 23.2 Å². The van der Waals surface area contributed by atoms with Gasteiger partial charge in [0.1, 0.15) is 11.9 Å². The van der Waals surface area contributed by atoms with Crippen LogP contribution in [0.5, 0.6) is 0 Å². The Morgan fingerprint density at radius 3 is 2.50 bits per heavy atom. The Bertz CT molecular complexity index is 1210. The van der Waals surface area contributed by atoms with Crippen LogP contribution in [0.4, 0.5) is 14.6 Å². The van der Waals surface area contributed by atoms with Gasteiger partial charge in [-0.15, -0.1) is 0 Å². The first-order chi connectivity index (χ1) is 16.3. The molecule has 1 aromatic carbocycles. The number of sulfonamides is 1. The van der Waals surface area contributed by atoms with Gasteiger partial charge in [-0.3, -0.25) is 4.79 Å². The van der Waals surface area contributed by atoms with E-state index in [9.17, 15) is 27.3 Å². The number of pyridine rings is 1. The lowest BCUT2D eigenvalue weighted by atomic mass is 9.96. The second-order valence-electron chi connectivity index (χ2n) is 8.41. The largest absolute Gasteiger partial charge is 0.354 e. The summed E-state index contributed by atoms with van der Waals surface area (Å²) < 4.78 is 53.5. The molecule has 2 saturated heterocycles. The molecule has 2 aliphatic heterocycles. The number of amides is 1. The van der Waals surface area contributed by atoms with Crippen LogP contribution in [0, 0.1) is 28.9 Å². The van der Waals surface area contributed by atoms with Gasteiger partial charge in [-0.05, 0) is 49.6 Å². The number of rotatable bonds is 4. The van der Waals surface area contributed by atoms with Crippen LogP contribution in [-0.4, -0.2) is 67.8 Å². The van der Waals surface area contributed by atoms with E-state index in [4.69, 9.17) is 0 Å². The van der Waals surface area contributed by atoms with E-state index >= 15 is 0 Å². The minimum absolute atomic E-state index is 0.00625. The molecule has 2 aliphatic rings. The van der Waals surface area contributed by atoms with Crippen LogP contribution < -0.4 is 4.90 Å². The van der Waals surface area contributed by atoms with Gasteiger partial charge < -0.3 is 9.80 Å². The third-order valence-electron chi connectivity index (χ3n) is 6.35. The van der Waals surface area contributed by atoms with Crippen LogP contribution in [0.15, 0.2) is 41.4 Å². The molecule has 0 bridgehead atoms. The number of carbonyl (C=O) groups excluding carboxylic acids is 1. The fraction of sp³-hybridized carbons (Fsp3) is 0.435. The third kappa shape index (κ3) is 4.88. The van der Waals surface area contributed by atoms with E-state index in [1.807, 2.05) is 4.90 Å². The van der Waals surface area contributed by atoms with Crippen molar-refractivity contribution < 1.29 is 22.0 Å². The monoisotopic (exact) mass is 489 g/mol. The molecule has 4 rings (SSSR count). The molecule has 0 aliphatic carbocycles. The number of piperidine rings is 1. The van der Waals surface area contributed by atoms with Gasteiger partial charge in [0.25, 0.3) is 0 Å². The summed E-state index contributed by atoms with van der Waals surface area (Å²) in [4.78, 5) is 21.0. The molecule has 34 heavy (non-hydrogen) atoms. The van der Waals surface area contributed by atoms with Crippen molar-refractivity contribution in [1.82, 2.24) is 14.2 Å². The normalized spacial score (nSPS) is 18.4. The number of halogens is 2. The first-order valence-corrected chi connectivity index (χ1v) is 12.6. The number of anilines is 1. The van der Waals surface area contributed by atoms with Crippen molar-refractivity contribution in [3.05, 3.63) is 53.7 Å². The van der Waals surface area contributed by atoms with Crippen LogP contribution in [0.2, 0.25) is 0 Å². The molecule has 8 nitrogen and oxygen atoms in total. The van der Waals surface area contributed by atoms with Crippen molar-refractivity contribution in [2.24, 2.45) is 5.92 Å². The van der Waals surface area contributed by atoms with Crippen LogP contribution in [0.1, 0.15) is 24.8 Å². The van der Waals surface area contributed by atoms with Crippen LogP contribution in [-0.2, 0) is 14.8 Å². The van der Waals surface area contributed by atoms with Crippen LogP contribution in [0.25, 0.3) is 0 Å². The Kier molecular flexibility index (Phi) is 7.09. The van der Waals surface area contributed by atoms with E-state index in [2.05, 4.69) is 11.1 Å². The summed E-state index contributed by atoms with van der Waals surface area (Å²) in [6.07, 6.45) is 3.10. The number of aromatic nitrogens is 1. The molecule has 2 fully saturated rings. The van der Waals surface area contributed by atoms with Gasteiger partial charge in [0, 0.05) is 51.4 Å². The SMILES string of the molecule is N#Cc1cccnc1N1CCCN(C(=O)C2CCN(S(=O)(=O)c3ccc(F)c(F)c3)CC2)CC1. The number of nitrogens with zero attached hydrogens (tertiary/aromatic N) is 5. The number of hydrogen-bond acceptors (Lipinski definition) is 6. The molecule has 0 atom stereocenters. The molecule has 1 amide bonds. The van der Waals surface area contributed by atoms with Gasteiger partial charge in [-0.1, -0.05) is 0 Å². The fourth-order valence-electron chi connectivity index (χ4n) is 4.47. The molecule has 0 spiro atoms. The maximum atomic E-state index is 13.5. The van der Waals surface area contributed by atoms with E-state index in [-0.39, 0.29) is 29.8 Å². The van der Waals surface area contributed by atoms with Crippen molar-refractivity contribution in [2.45, 2.75) is 24.2 Å². The molecule has 2 aromatic rings. The molecule has 0 radical (unpaired) electrons. The van der Waals surface area contributed by atoms with Crippen molar-refractivity contribution in [3.8, 4) is 6.07 Å². The standard InChI is InChI=1S/C23H25F2N5O3S/c24-20-5-4-19(15-21(20)25)34(32,33)30-11-6-17(7-12-30)23(31)29-10-2-9-28(13-14-29)22-18(16-26)3-1-8-27-22/h1,3-5,8,15,17H,2,6-7,9-14H2. The summed E-state index contributed by atoms with van der Waals surface area (Å²) in [5, 5.41) is 9.34. The highest BCUT2D eigenvalue weighted by atomic mass is 32.2. The smallest absolute Gasteiger partial charge is 0.243 e. The van der Waals surface area contributed by atoms with Gasteiger partial charge in [0.2, 0.25) is 15.9 Å². The Morgan fingerprint density at radius 1 is 1.03 bits per heavy atom. The van der Waals surface area contributed by atoms with Crippen molar-refractivity contribution in [1.29, 1.82) is 5.26 Å². The maximum Gasteiger partial charge on any atom is 0.243 e. The Hall–Kier alpha value is -3.10. The Labute approximate surface area is 197 Å². The molecule has 0 saturated carbocycles. The molecule has 3 heterocycles. The predicted octanol–water partition coefficient (Wildman–Crippen LogP) is 2.37. The zero-order valence-corrected chi connectivity index (χ0v) is 19.3. The number of carbonyl (C=O) groups is 1. The van der Waals surface area contributed by atoms with Gasteiger partial charge in [0.05, 0.1) is 10.5 Å². The first kappa shape index (κ1) is 24.0. The molecule has 0 unspecified atom stereocenters. The van der Waals surface area contributed by atoms with E-state index in [0.717, 1.165) is 18.6 Å². The molecule has 0 N–H and O–H groups in total. The minimum Gasteiger partial charge on any atom is -0.354 e. The van der Waals surface area contributed by atoms with Crippen molar-refractivity contribution in [2.75, 3.05) is 44.2 Å². The topological polar surface area (TPSA) is 97.6 Å².